The second kappa shape index (κ2) is 4.15. The normalized spacial score (nSPS) is 25.6. The molecule has 1 aliphatic rings. The maximum Gasteiger partial charge on any atom is 0.0820 e. The highest BCUT2D eigenvalue weighted by atomic mass is 35.5. The zero-order valence-corrected chi connectivity index (χ0v) is 8.79. The third-order valence-corrected chi connectivity index (χ3v) is 2.86. The van der Waals surface area contributed by atoms with Crippen molar-refractivity contribution in [2.24, 2.45) is 0 Å². The Morgan fingerprint density at radius 2 is 2.36 bits per heavy atom. The molecule has 4 heteroatoms. The Morgan fingerprint density at radius 3 is 3.00 bits per heavy atom. The van der Waals surface area contributed by atoms with Gasteiger partial charge in [0.2, 0.25) is 0 Å². The molecule has 0 bridgehead atoms. The predicted octanol–water partition coefficient (Wildman–Crippen LogP) is 2.32. The Hall–Kier alpha value is -0.800. The van der Waals surface area contributed by atoms with Crippen molar-refractivity contribution in [3.05, 3.63) is 23.5 Å². The van der Waals surface area contributed by atoms with E-state index in [2.05, 4.69) is 10.3 Å². The van der Waals surface area contributed by atoms with Crippen LogP contribution in [-0.4, -0.2) is 24.2 Å². The summed E-state index contributed by atoms with van der Waals surface area (Å²) in [5, 5.41) is 4.03. The van der Waals surface area contributed by atoms with Crippen LogP contribution in [-0.2, 0) is 4.74 Å². The van der Waals surface area contributed by atoms with Crippen LogP contribution in [0.1, 0.15) is 12.8 Å². The van der Waals surface area contributed by atoms with Crippen LogP contribution in [0.4, 0.5) is 5.69 Å². The van der Waals surface area contributed by atoms with Gasteiger partial charge in [-0.1, -0.05) is 11.6 Å². The molecular weight excluding hydrogens is 200 g/mol. The van der Waals surface area contributed by atoms with Gasteiger partial charge in [0.05, 0.1) is 16.8 Å². The van der Waals surface area contributed by atoms with Crippen molar-refractivity contribution in [1.82, 2.24) is 4.98 Å². The van der Waals surface area contributed by atoms with Crippen molar-refractivity contribution in [3.63, 3.8) is 0 Å². The summed E-state index contributed by atoms with van der Waals surface area (Å²) in [5.74, 6) is 0. The molecule has 0 aromatic carbocycles. The molecule has 2 rings (SSSR count). The summed E-state index contributed by atoms with van der Waals surface area (Å²) in [4.78, 5) is 3.93. The van der Waals surface area contributed by atoms with Gasteiger partial charge >= 0.3 is 0 Å². The van der Waals surface area contributed by atoms with E-state index in [-0.39, 0.29) is 0 Å². The number of halogens is 1. The minimum absolute atomic E-state index is 0.410. The Bertz CT molecular complexity index is 313. The molecule has 1 aromatic rings. The van der Waals surface area contributed by atoms with Crippen LogP contribution < -0.4 is 5.32 Å². The molecule has 0 amide bonds. The fraction of sp³-hybridized carbons (Fsp3) is 0.500. The molecule has 0 spiro atoms. The predicted molar refractivity (Wildman–Crippen MR) is 56.7 cm³/mol. The van der Waals surface area contributed by atoms with Gasteiger partial charge in [-0.25, -0.2) is 0 Å². The van der Waals surface area contributed by atoms with Gasteiger partial charge in [0.1, 0.15) is 0 Å². The molecule has 0 radical (unpaired) electrons. The third-order valence-electron chi connectivity index (χ3n) is 2.56. The molecule has 0 aliphatic heterocycles. The van der Waals surface area contributed by atoms with E-state index < -0.39 is 0 Å². The lowest BCUT2D eigenvalue weighted by Crippen LogP contribution is -2.40. The zero-order valence-electron chi connectivity index (χ0n) is 8.03. The second-order valence-electron chi connectivity index (χ2n) is 3.53. The zero-order chi connectivity index (χ0) is 9.97. The van der Waals surface area contributed by atoms with Crippen LogP contribution in [0.3, 0.4) is 0 Å². The third kappa shape index (κ3) is 1.99. The van der Waals surface area contributed by atoms with Gasteiger partial charge in [0, 0.05) is 25.5 Å². The molecule has 1 aromatic heterocycles. The van der Waals surface area contributed by atoms with E-state index >= 15 is 0 Å². The lowest BCUT2D eigenvalue weighted by Gasteiger charge is -2.35. The number of pyridine rings is 1. The molecule has 1 heterocycles. The fourth-order valence-electron chi connectivity index (χ4n) is 1.59. The van der Waals surface area contributed by atoms with Gasteiger partial charge in [-0.15, -0.1) is 0 Å². The summed E-state index contributed by atoms with van der Waals surface area (Å²) in [6.07, 6.45) is 5.90. The summed E-state index contributed by atoms with van der Waals surface area (Å²) in [5.41, 5.74) is 0.959. The van der Waals surface area contributed by atoms with E-state index in [1.54, 1.807) is 19.5 Å². The molecule has 1 saturated carbocycles. The van der Waals surface area contributed by atoms with Crippen LogP contribution in [0.5, 0.6) is 0 Å². The van der Waals surface area contributed by atoms with Crippen molar-refractivity contribution in [1.29, 1.82) is 0 Å². The smallest absolute Gasteiger partial charge is 0.0820 e. The molecular formula is C10H13ClN2O. The maximum atomic E-state index is 5.96. The average Bonchev–Trinajstić information content (AvgIpc) is 2.13. The Labute approximate surface area is 88.4 Å². The van der Waals surface area contributed by atoms with Gasteiger partial charge in [-0.3, -0.25) is 4.98 Å². The standard InChI is InChI=1S/C10H13ClN2O/c1-14-8-4-7(5-8)13-10-2-3-12-6-9(10)11/h2-3,6-8H,4-5H2,1H3,(H,12,13). The van der Waals surface area contributed by atoms with E-state index in [9.17, 15) is 0 Å². The first-order valence-corrected chi connectivity index (χ1v) is 5.06. The number of hydrogen-bond acceptors (Lipinski definition) is 3. The van der Waals surface area contributed by atoms with Gasteiger partial charge < -0.3 is 10.1 Å². The number of ether oxygens (including phenoxy) is 1. The van der Waals surface area contributed by atoms with Crippen LogP contribution in [0.15, 0.2) is 18.5 Å². The fourth-order valence-corrected chi connectivity index (χ4v) is 1.76. The second-order valence-corrected chi connectivity index (χ2v) is 3.93. The first-order valence-electron chi connectivity index (χ1n) is 4.68. The Balaban J connectivity index is 1.90. The summed E-state index contributed by atoms with van der Waals surface area (Å²) in [7, 11) is 1.75. The van der Waals surface area contributed by atoms with Crippen LogP contribution in [0.2, 0.25) is 5.02 Å². The average molecular weight is 213 g/mol. The molecule has 3 nitrogen and oxygen atoms in total. The Kier molecular flexibility index (Phi) is 2.89. The van der Waals surface area contributed by atoms with Gasteiger partial charge in [0.25, 0.3) is 0 Å². The van der Waals surface area contributed by atoms with E-state index in [0.717, 1.165) is 18.5 Å². The van der Waals surface area contributed by atoms with Gasteiger partial charge in [0.15, 0.2) is 0 Å². The first kappa shape index (κ1) is 9.74. The molecule has 14 heavy (non-hydrogen) atoms. The quantitative estimate of drug-likeness (QED) is 0.835. The van der Waals surface area contributed by atoms with E-state index in [0.29, 0.717) is 17.2 Å². The van der Waals surface area contributed by atoms with Crippen molar-refractivity contribution >= 4 is 17.3 Å². The molecule has 76 valence electrons. The van der Waals surface area contributed by atoms with E-state index in [1.165, 1.54) is 0 Å². The highest BCUT2D eigenvalue weighted by Gasteiger charge is 2.28. The summed E-state index contributed by atoms with van der Waals surface area (Å²) in [6.45, 7) is 0. The first-order chi connectivity index (χ1) is 6.79. The SMILES string of the molecule is COC1CC(Nc2ccncc2Cl)C1. The van der Waals surface area contributed by atoms with Crippen molar-refractivity contribution < 1.29 is 4.74 Å². The van der Waals surface area contributed by atoms with Crippen LogP contribution in [0.25, 0.3) is 0 Å². The number of anilines is 1. The monoisotopic (exact) mass is 212 g/mol. The topological polar surface area (TPSA) is 34.1 Å². The van der Waals surface area contributed by atoms with Crippen LogP contribution >= 0.6 is 11.6 Å². The molecule has 1 aliphatic carbocycles. The number of hydrogen-bond donors (Lipinski definition) is 1. The number of aromatic nitrogens is 1. The summed E-state index contributed by atoms with van der Waals surface area (Å²) < 4.78 is 5.20. The number of nitrogens with zero attached hydrogens (tertiary/aromatic N) is 1. The molecule has 0 saturated heterocycles. The molecule has 0 atom stereocenters. The van der Waals surface area contributed by atoms with E-state index in [1.807, 2.05) is 6.07 Å². The van der Waals surface area contributed by atoms with Crippen LogP contribution in [0, 0.1) is 0 Å². The van der Waals surface area contributed by atoms with Gasteiger partial charge in [-0.05, 0) is 18.9 Å². The maximum absolute atomic E-state index is 5.96. The lowest BCUT2D eigenvalue weighted by atomic mass is 9.89. The minimum atomic E-state index is 0.410. The minimum Gasteiger partial charge on any atom is -0.381 e. The molecule has 1 N–H and O–H groups in total. The van der Waals surface area contributed by atoms with Crippen molar-refractivity contribution in [2.45, 2.75) is 25.0 Å². The highest BCUT2D eigenvalue weighted by Crippen LogP contribution is 2.28. The summed E-state index contributed by atoms with van der Waals surface area (Å²) in [6, 6.07) is 2.38. The van der Waals surface area contributed by atoms with Crippen molar-refractivity contribution in [3.8, 4) is 0 Å². The van der Waals surface area contributed by atoms with Crippen molar-refractivity contribution in [2.75, 3.05) is 12.4 Å². The van der Waals surface area contributed by atoms with Gasteiger partial charge in [-0.2, -0.15) is 0 Å². The largest absolute Gasteiger partial charge is 0.381 e. The number of rotatable bonds is 3. The molecule has 1 fully saturated rings. The Morgan fingerprint density at radius 1 is 1.57 bits per heavy atom. The number of nitrogens with one attached hydrogen (secondary N) is 1. The van der Waals surface area contributed by atoms with E-state index in [4.69, 9.17) is 16.3 Å². The summed E-state index contributed by atoms with van der Waals surface area (Å²) >= 11 is 5.96. The lowest BCUT2D eigenvalue weighted by molar-refractivity contribution is 0.0329. The number of methoxy groups -OCH3 is 1. The molecule has 0 unspecified atom stereocenters. The highest BCUT2D eigenvalue weighted by molar-refractivity contribution is 6.33.